The minimum Gasteiger partial charge on any atom is -0.383 e. The van der Waals surface area contributed by atoms with E-state index in [2.05, 4.69) is 35.3 Å². The Labute approximate surface area is 183 Å². The number of aliphatic hydroxyl groups is 1. The van der Waals surface area contributed by atoms with Crippen LogP contribution in [0.25, 0.3) is 22.3 Å². The summed E-state index contributed by atoms with van der Waals surface area (Å²) in [5.74, 6) is 1.43. The van der Waals surface area contributed by atoms with Crippen molar-refractivity contribution >= 4 is 22.6 Å². The predicted octanol–water partition coefficient (Wildman–Crippen LogP) is 3.85. The number of hydrogen-bond donors (Lipinski definition) is 2. The summed E-state index contributed by atoms with van der Waals surface area (Å²) >= 11 is 0. The third-order valence-corrected chi connectivity index (χ3v) is 5.97. The van der Waals surface area contributed by atoms with Crippen LogP contribution in [-0.2, 0) is 4.79 Å². The van der Waals surface area contributed by atoms with Gasteiger partial charge in [0.15, 0.2) is 5.82 Å². The van der Waals surface area contributed by atoms with Gasteiger partial charge in [-0.05, 0) is 43.9 Å². The number of nitrogens with zero attached hydrogens (tertiary/aromatic N) is 3. The Hall–Kier alpha value is -2.99. The summed E-state index contributed by atoms with van der Waals surface area (Å²) in [6, 6.07) is 16.4. The Bertz CT molecular complexity index is 1060. The molecule has 31 heavy (non-hydrogen) atoms. The second-order valence-corrected chi connectivity index (χ2v) is 8.28. The summed E-state index contributed by atoms with van der Waals surface area (Å²) < 4.78 is 0. The molecular weight excluding hydrogens is 388 g/mol. The highest BCUT2D eigenvalue weighted by Crippen LogP contribution is 2.30. The number of carbonyl (C=O) groups is 1. The molecule has 1 unspecified atom stereocenters. The van der Waals surface area contributed by atoms with Crippen molar-refractivity contribution in [1.29, 1.82) is 0 Å². The Morgan fingerprint density at radius 1 is 1.13 bits per heavy atom. The van der Waals surface area contributed by atoms with Crippen LogP contribution in [0.15, 0.2) is 48.5 Å². The first kappa shape index (κ1) is 21.2. The first-order chi connectivity index (χ1) is 15.1. The number of fused-ring (bicyclic) bond motifs is 1. The van der Waals surface area contributed by atoms with E-state index in [1.54, 1.807) is 0 Å². The highest BCUT2D eigenvalue weighted by molar-refractivity contribution is 5.91. The van der Waals surface area contributed by atoms with Crippen LogP contribution < -0.4 is 10.2 Å². The molecule has 2 aromatic carbocycles. The van der Waals surface area contributed by atoms with Crippen molar-refractivity contribution < 1.29 is 9.90 Å². The van der Waals surface area contributed by atoms with Crippen molar-refractivity contribution in [3.63, 3.8) is 0 Å². The number of hydrogen-bond acceptors (Lipinski definition) is 5. The molecule has 1 atom stereocenters. The van der Waals surface area contributed by atoms with Crippen molar-refractivity contribution in [2.24, 2.45) is 0 Å². The molecule has 1 saturated heterocycles. The van der Waals surface area contributed by atoms with Crippen LogP contribution in [0.5, 0.6) is 0 Å². The van der Waals surface area contributed by atoms with Gasteiger partial charge in [-0.15, -0.1) is 0 Å². The van der Waals surface area contributed by atoms with Crippen LogP contribution in [0.4, 0.5) is 5.82 Å². The third-order valence-electron chi connectivity index (χ3n) is 5.97. The minimum atomic E-state index is -0.912. The number of piperidine rings is 1. The number of benzene rings is 2. The SMILES string of the molecule is CCCC(O)C(=O)NC1CCN(c2nc(-c3ccccc3C)nc3ccccc23)CC1. The lowest BCUT2D eigenvalue weighted by atomic mass is 10.0. The molecule has 1 aliphatic heterocycles. The highest BCUT2D eigenvalue weighted by atomic mass is 16.3. The van der Waals surface area contributed by atoms with Gasteiger partial charge in [0.1, 0.15) is 11.9 Å². The van der Waals surface area contributed by atoms with E-state index < -0.39 is 6.10 Å². The van der Waals surface area contributed by atoms with E-state index in [4.69, 9.17) is 9.97 Å². The molecule has 0 bridgehead atoms. The summed E-state index contributed by atoms with van der Waals surface area (Å²) in [5.41, 5.74) is 3.13. The summed E-state index contributed by atoms with van der Waals surface area (Å²) in [6.45, 7) is 5.63. The summed E-state index contributed by atoms with van der Waals surface area (Å²) in [5, 5.41) is 14.0. The summed E-state index contributed by atoms with van der Waals surface area (Å²) in [7, 11) is 0. The predicted molar refractivity (Wildman–Crippen MR) is 124 cm³/mol. The fraction of sp³-hybridized carbons (Fsp3) is 0.400. The van der Waals surface area contributed by atoms with Crippen LogP contribution in [0.3, 0.4) is 0 Å². The molecule has 0 aliphatic carbocycles. The maximum absolute atomic E-state index is 12.2. The van der Waals surface area contributed by atoms with Gasteiger partial charge in [-0.25, -0.2) is 9.97 Å². The molecule has 3 aromatic rings. The number of aryl methyl sites for hydroxylation is 1. The average Bonchev–Trinajstić information content (AvgIpc) is 2.79. The molecule has 162 valence electrons. The first-order valence-corrected chi connectivity index (χ1v) is 11.1. The molecule has 1 aliphatic rings. The molecule has 1 amide bonds. The van der Waals surface area contributed by atoms with E-state index in [9.17, 15) is 9.90 Å². The van der Waals surface area contributed by atoms with Crippen LogP contribution in [-0.4, -0.2) is 46.2 Å². The molecule has 0 saturated carbocycles. The fourth-order valence-corrected chi connectivity index (χ4v) is 4.18. The second kappa shape index (κ2) is 9.43. The van der Waals surface area contributed by atoms with Gasteiger partial charge in [-0.3, -0.25) is 4.79 Å². The molecular formula is C25H30N4O2. The van der Waals surface area contributed by atoms with Gasteiger partial charge in [-0.1, -0.05) is 49.7 Å². The largest absolute Gasteiger partial charge is 0.383 e. The number of anilines is 1. The Morgan fingerprint density at radius 2 is 1.84 bits per heavy atom. The fourth-order valence-electron chi connectivity index (χ4n) is 4.18. The van der Waals surface area contributed by atoms with E-state index in [-0.39, 0.29) is 11.9 Å². The molecule has 0 radical (unpaired) electrons. The standard InChI is InChI=1S/C25H30N4O2/c1-3-8-22(30)25(31)26-18-13-15-29(16-14-18)24-20-11-6-7-12-21(20)27-23(28-24)19-10-5-4-9-17(19)2/h4-7,9-12,18,22,30H,3,8,13-16H2,1-2H3,(H,26,31). The topological polar surface area (TPSA) is 78.4 Å². The van der Waals surface area contributed by atoms with Gasteiger partial charge >= 0.3 is 0 Å². The van der Waals surface area contributed by atoms with Gasteiger partial charge in [-0.2, -0.15) is 0 Å². The van der Waals surface area contributed by atoms with Crippen molar-refractivity contribution in [2.45, 2.75) is 51.7 Å². The Morgan fingerprint density at radius 3 is 2.58 bits per heavy atom. The normalized spacial score (nSPS) is 15.8. The number of aliphatic hydroxyl groups excluding tert-OH is 1. The first-order valence-electron chi connectivity index (χ1n) is 11.1. The van der Waals surface area contributed by atoms with Crippen LogP contribution in [0, 0.1) is 6.92 Å². The molecule has 1 aromatic heterocycles. The lowest BCUT2D eigenvalue weighted by molar-refractivity contribution is -0.130. The van der Waals surface area contributed by atoms with E-state index in [1.165, 1.54) is 0 Å². The molecule has 4 rings (SSSR count). The van der Waals surface area contributed by atoms with Gasteiger partial charge < -0.3 is 15.3 Å². The number of nitrogens with one attached hydrogen (secondary N) is 1. The monoisotopic (exact) mass is 418 g/mol. The average molecular weight is 419 g/mol. The Balaban J connectivity index is 1.56. The number of rotatable bonds is 6. The highest BCUT2D eigenvalue weighted by Gasteiger charge is 2.25. The maximum Gasteiger partial charge on any atom is 0.249 e. The molecule has 6 nitrogen and oxygen atoms in total. The second-order valence-electron chi connectivity index (χ2n) is 8.28. The number of para-hydroxylation sites is 1. The third kappa shape index (κ3) is 4.69. The van der Waals surface area contributed by atoms with Crippen LogP contribution >= 0.6 is 0 Å². The van der Waals surface area contributed by atoms with Gasteiger partial charge in [0.2, 0.25) is 5.91 Å². The van der Waals surface area contributed by atoms with Crippen molar-refractivity contribution in [3.05, 3.63) is 54.1 Å². The molecule has 2 N–H and O–H groups in total. The number of amides is 1. The van der Waals surface area contributed by atoms with E-state index in [0.717, 1.165) is 66.0 Å². The van der Waals surface area contributed by atoms with Crippen molar-refractivity contribution in [2.75, 3.05) is 18.0 Å². The molecule has 1 fully saturated rings. The lowest BCUT2D eigenvalue weighted by Gasteiger charge is -2.34. The summed E-state index contributed by atoms with van der Waals surface area (Å²) in [4.78, 5) is 24.3. The molecule has 0 spiro atoms. The van der Waals surface area contributed by atoms with Gasteiger partial charge in [0.25, 0.3) is 0 Å². The van der Waals surface area contributed by atoms with E-state index in [0.29, 0.717) is 6.42 Å². The van der Waals surface area contributed by atoms with Crippen LogP contribution in [0.2, 0.25) is 0 Å². The van der Waals surface area contributed by atoms with Gasteiger partial charge in [0.05, 0.1) is 5.52 Å². The number of carbonyl (C=O) groups excluding carboxylic acids is 1. The number of aromatic nitrogens is 2. The quantitative estimate of drug-likeness (QED) is 0.636. The molecule has 2 heterocycles. The zero-order valence-electron chi connectivity index (χ0n) is 18.2. The van der Waals surface area contributed by atoms with Gasteiger partial charge in [0, 0.05) is 30.1 Å². The van der Waals surface area contributed by atoms with Crippen molar-refractivity contribution in [3.8, 4) is 11.4 Å². The maximum atomic E-state index is 12.2. The van der Waals surface area contributed by atoms with E-state index in [1.807, 2.05) is 37.3 Å². The smallest absolute Gasteiger partial charge is 0.249 e. The molecule has 6 heteroatoms. The summed E-state index contributed by atoms with van der Waals surface area (Å²) in [6.07, 6.45) is 2.02. The lowest BCUT2D eigenvalue weighted by Crippen LogP contribution is -2.47. The zero-order valence-corrected chi connectivity index (χ0v) is 18.2. The zero-order chi connectivity index (χ0) is 21.8. The van der Waals surface area contributed by atoms with E-state index >= 15 is 0 Å². The van der Waals surface area contributed by atoms with Crippen molar-refractivity contribution in [1.82, 2.24) is 15.3 Å². The Kier molecular flexibility index (Phi) is 6.47. The minimum absolute atomic E-state index is 0.0826. The van der Waals surface area contributed by atoms with Crippen LogP contribution in [0.1, 0.15) is 38.2 Å².